The molecule has 3 rings (SSSR count). The van der Waals surface area contributed by atoms with Crippen LogP contribution in [0, 0.1) is 5.41 Å². The smallest absolute Gasteiger partial charge is 0.258 e. The first kappa shape index (κ1) is 14.5. The Bertz CT molecular complexity index is 906. The zero-order valence-electron chi connectivity index (χ0n) is 12.2. The number of hydrogen-bond acceptors (Lipinski definition) is 4. The number of fused-ring (bicyclic) bond motifs is 1. The van der Waals surface area contributed by atoms with E-state index in [1.54, 1.807) is 24.3 Å². The van der Waals surface area contributed by atoms with Crippen LogP contribution in [0.4, 0.5) is 5.69 Å². The number of nitrogens with two attached hydrogens (primary N) is 2. The van der Waals surface area contributed by atoms with Crippen molar-refractivity contribution in [3.63, 3.8) is 0 Å². The van der Waals surface area contributed by atoms with E-state index in [1.807, 2.05) is 30.3 Å². The van der Waals surface area contributed by atoms with E-state index in [-0.39, 0.29) is 0 Å². The number of amides is 1. The number of carbonyl (C=O) groups is 1. The Morgan fingerprint density at radius 1 is 1.09 bits per heavy atom. The fraction of sp³-hybridized carbons (Fsp3) is 0. The summed E-state index contributed by atoms with van der Waals surface area (Å²) in [5, 5.41) is 10.2. The predicted octanol–water partition coefficient (Wildman–Crippen LogP) is 2.11. The predicted molar refractivity (Wildman–Crippen MR) is 91.0 cm³/mol. The standard InChI is InChI=1S/C17H15N5O/c18-11-6-7-12-13(16(23)22-17(19)20)9-14(21-15(12)8-11)10-4-2-1-3-5-10/h1-9H,18H2,(H4,19,20,22,23). The molecule has 6 N–H and O–H groups in total. The summed E-state index contributed by atoms with van der Waals surface area (Å²) in [5.74, 6) is -0.858. The second-order valence-corrected chi connectivity index (χ2v) is 5.07. The van der Waals surface area contributed by atoms with Crippen LogP contribution in [-0.2, 0) is 0 Å². The van der Waals surface area contributed by atoms with E-state index in [0.717, 1.165) is 5.56 Å². The van der Waals surface area contributed by atoms with Crippen LogP contribution in [-0.4, -0.2) is 16.9 Å². The van der Waals surface area contributed by atoms with E-state index in [2.05, 4.69) is 10.3 Å². The minimum Gasteiger partial charge on any atom is -0.399 e. The van der Waals surface area contributed by atoms with Crippen molar-refractivity contribution < 1.29 is 4.79 Å². The molecule has 0 saturated heterocycles. The van der Waals surface area contributed by atoms with Gasteiger partial charge in [-0.3, -0.25) is 15.5 Å². The molecule has 0 fully saturated rings. The molecular formula is C17H15N5O. The van der Waals surface area contributed by atoms with Gasteiger partial charge in [0.15, 0.2) is 5.96 Å². The number of rotatable bonds is 2. The van der Waals surface area contributed by atoms with Crippen molar-refractivity contribution in [1.82, 2.24) is 10.3 Å². The Hall–Kier alpha value is -3.41. The summed E-state index contributed by atoms with van der Waals surface area (Å²) < 4.78 is 0. The molecule has 0 atom stereocenters. The molecule has 0 aliphatic carbocycles. The summed E-state index contributed by atoms with van der Waals surface area (Å²) in [7, 11) is 0. The number of anilines is 1. The Labute approximate surface area is 132 Å². The van der Waals surface area contributed by atoms with Crippen LogP contribution in [0.3, 0.4) is 0 Å². The van der Waals surface area contributed by atoms with Crippen LogP contribution in [0.25, 0.3) is 22.2 Å². The molecule has 0 saturated carbocycles. The maximum absolute atomic E-state index is 12.3. The molecule has 114 valence electrons. The maximum Gasteiger partial charge on any atom is 0.258 e. The van der Waals surface area contributed by atoms with Gasteiger partial charge in [0.2, 0.25) is 0 Å². The molecule has 0 aliphatic heterocycles. The van der Waals surface area contributed by atoms with Crippen LogP contribution in [0.5, 0.6) is 0 Å². The van der Waals surface area contributed by atoms with E-state index in [1.165, 1.54) is 0 Å². The molecule has 23 heavy (non-hydrogen) atoms. The third-order valence-electron chi connectivity index (χ3n) is 3.40. The molecule has 0 radical (unpaired) electrons. The maximum atomic E-state index is 12.3. The lowest BCUT2D eigenvalue weighted by Crippen LogP contribution is -2.35. The van der Waals surface area contributed by atoms with Crippen molar-refractivity contribution in [3.8, 4) is 11.3 Å². The van der Waals surface area contributed by atoms with Gasteiger partial charge >= 0.3 is 0 Å². The van der Waals surface area contributed by atoms with Gasteiger partial charge < -0.3 is 11.5 Å². The second kappa shape index (κ2) is 5.76. The Balaban J connectivity index is 2.24. The molecule has 0 spiro atoms. The van der Waals surface area contributed by atoms with Gasteiger partial charge in [-0.15, -0.1) is 0 Å². The Morgan fingerprint density at radius 2 is 1.83 bits per heavy atom. The lowest BCUT2D eigenvalue weighted by molar-refractivity contribution is 0.0978. The quantitative estimate of drug-likeness (QED) is 0.329. The fourth-order valence-corrected chi connectivity index (χ4v) is 2.38. The summed E-state index contributed by atoms with van der Waals surface area (Å²) in [5.41, 5.74) is 14.2. The molecule has 0 aliphatic rings. The fourth-order valence-electron chi connectivity index (χ4n) is 2.38. The molecule has 6 nitrogen and oxygen atoms in total. The van der Waals surface area contributed by atoms with Crippen molar-refractivity contribution in [2.75, 3.05) is 5.73 Å². The molecule has 1 amide bonds. The number of nitrogen functional groups attached to an aromatic ring is 1. The monoisotopic (exact) mass is 305 g/mol. The number of benzene rings is 2. The molecule has 6 heteroatoms. The molecule has 1 heterocycles. The summed E-state index contributed by atoms with van der Waals surface area (Å²) >= 11 is 0. The summed E-state index contributed by atoms with van der Waals surface area (Å²) in [4.78, 5) is 16.9. The van der Waals surface area contributed by atoms with E-state index in [0.29, 0.717) is 27.8 Å². The van der Waals surface area contributed by atoms with E-state index in [4.69, 9.17) is 16.9 Å². The van der Waals surface area contributed by atoms with E-state index < -0.39 is 11.9 Å². The molecule has 2 aromatic carbocycles. The SMILES string of the molecule is N=C(N)NC(=O)c1cc(-c2ccccc2)nc2cc(N)ccc12. The number of aromatic nitrogens is 1. The lowest BCUT2D eigenvalue weighted by Gasteiger charge is -2.10. The second-order valence-electron chi connectivity index (χ2n) is 5.07. The summed E-state index contributed by atoms with van der Waals surface area (Å²) in [6.07, 6.45) is 0. The molecular weight excluding hydrogens is 290 g/mol. The zero-order chi connectivity index (χ0) is 16.4. The first-order chi connectivity index (χ1) is 11.0. The van der Waals surface area contributed by atoms with E-state index >= 15 is 0 Å². The van der Waals surface area contributed by atoms with Gasteiger partial charge in [-0.25, -0.2) is 4.98 Å². The minimum atomic E-state index is -0.452. The van der Waals surface area contributed by atoms with Crippen LogP contribution < -0.4 is 16.8 Å². The van der Waals surface area contributed by atoms with Crippen LogP contribution in [0.15, 0.2) is 54.6 Å². The highest BCUT2D eigenvalue weighted by Crippen LogP contribution is 2.26. The van der Waals surface area contributed by atoms with Crippen LogP contribution in [0.2, 0.25) is 0 Å². The average Bonchev–Trinajstić information content (AvgIpc) is 2.53. The highest BCUT2D eigenvalue weighted by Gasteiger charge is 2.14. The van der Waals surface area contributed by atoms with Crippen LogP contribution >= 0.6 is 0 Å². The van der Waals surface area contributed by atoms with Crippen molar-refractivity contribution in [2.24, 2.45) is 5.73 Å². The first-order valence-corrected chi connectivity index (χ1v) is 6.95. The molecule has 0 bridgehead atoms. The van der Waals surface area contributed by atoms with Gasteiger partial charge in [0.1, 0.15) is 0 Å². The number of guanidine groups is 1. The largest absolute Gasteiger partial charge is 0.399 e. The van der Waals surface area contributed by atoms with Gasteiger partial charge in [0.05, 0.1) is 16.8 Å². The third kappa shape index (κ3) is 2.96. The average molecular weight is 305 g/mol. The van der Waals surface area contributed by atoms with Crippen LogP contribution in [0.1, 0.15) is 10.4 Å². The number of pyridine rings is 1. The van der Waals surface area contributed by atoms with E-state index in [9.17, 15) is 4.79 Å². The number of nitrogens with one attached hydrogen (secondary N) is 2. The lowest BCUT2D eigenvalue weighted by atomic mass is 10.0. The van der Waals surface area contributed by atoms with Crippen molar-refractivity contribution in [2.45, 2.75) is 0 Å². The molecule has 1 aromatic heterocycles. The van der Waals surface area contributed by atoms with Crippen molar-refractivity contribution in [3.05, 3.63) is 60.2 Å². The van der Waals surface area contributed by atoms with Gasteiger partial charge in [-0.05, 0) is 24.3 Å². The number of hydrogen-bond donors (Lipinski definition) is 4. The van der Waals surface area contributed by atoms with Gasteiger partial charge in [0, 0.05) is 16.6 Å². The van der Waals surface area contributed by atoms with Crippen molar-refractivity contribution in [1.29, 1.82) is 5.41 Å². The highest BCUT2D eigenvalue weighted by molar-refractivity contribution is 6.12. The summed E-state index contributed by atoms with van der Waals surface area (Å²) in [6, 6.07) is 16.4. The summed E-state index contributed by atoms with van der Waals surface area (Å²) in [6.45, 7) is 0. The molecule has 3 aromatic rings. The minimum absolute atomic E-state index is 0.393. The first-order valence-electron chi connectivity index (χ1n) is 6.95. The Kier molecular flexibility index (Phi) is 3.64. The zero-order valence-corrected chi connectivity index (χ0v) is 12.2. The number of nitrogens with zero attached hydrogens (tertiary/aromatic N) is 1. The van der Waals surface area contributed by atoms with Gasteiger partial charge in [-0.2, -0.15) is 0 Å². The van der Waals surface area contributed by atoms with Gasteiger partial charge in [-0.1, -0.05) is 30.3 Å². The molecule has 0 unspecified atom stereocenters. The van der Waals surface area contributed by atoms with Crippen molar-refractivity contribution >= 4 is 28.5 Å². The number of carbonyl (C=O) groups excluding carboxylic acids is 1. The highest BCUT2D eigenvalue weighted by atomic mass is 16.1. The third-order valence-corrected chi connectivity index (χ3v) is 3.40. The topological polar surface area (TPSA) is 118 Å². The Morgan fingerprint density at radius 3 is 2.52 bits per heavy atom. The van der Waals surface area contributed by atoms with Gasteiger partial charge in [0.25, 0.3) is 5.91 Å². The normalized spacial score (nSPS) is 10.4.